The Labute approximate surface area is 171 Å². The second-order valence-corrected chi connectivity index (χ2v) is 7.00. The largest absolute Gasteiger partial charge is 0.478 e. The van der Waals surface area contributed by atoms with E-state index >= 15 is 0 Å². The van der Waals surface area contributed by atoms with Crippen LogP contribution in [-0.2, 0) is 6.18 Å². The van der Waals surface area contributed by atoms with Gasteiger partial charge in [0.15, 0.2) is 0 Å². The van der Waals surface area contributed by atoms with E-state index in [-0.39, 0.29) is 21.7 Å². The third-order valence-corrected chi connectivity index (χ3v) is 4.73. The maximum absolute atomic E-state index is 14.6. The molecule has 0 spiro atoms. The van der Waals surface area contributed by atoms with Crippen LogP contribution >= 0.6 is 23.2 Å². The molecule has 0 aliphatic rings. The van der Waals surface area contributed by atoms with Crippen LogP contribution in [0.2, 0.25) is 10.0 Å². The standard InChI is InChI=1S/C19H12Cl2F6O2/c1-18(23,24)12(9-3-5-14(20)15(21)7-9)8-16(22)10-2-4-11(17(28)29)13(6-10)19(25,26)27/h2-8,12H,1H3,(H,28,29). The Morgan fingerprint density at radius 3 is 2.14 bits per heavy atom. The molecule has 156 valence electrons. The Kier molecular flexibility index (Phi) is 6.59. The van der Waals surface area contributed by atoms with Gasteiger partial charge in [-0.15, -0.1) is 0 Å². The van der Waals surface area contributed by atoms with E-state index in [1.807, 2.05) is 0 Å². The van der Waals surface area contributed by atoms with Crippen molar-refractivity contribution in [2.24, 2.45) is 0 Å². The lowest BCUT2D eigenvalue weighted by molar-refractivity contribution is -0.138. The fourth-order valence-electron chi connectivity index (χ4n) is 2.60. The number of hydrogen-bond donors (Lipinski definition) is 1. The zero-order valence-corrected chi connectivity index (χ0v) is 16.0. The molecule has 0 fully saturated rings. The number of benzene rings is 2. The lowest BCUT2D eigenvalue weighted by Gasteiger charge is -2.22. The van der Waals surface area contributed by atoms with Crippen LogP contribution in [0.1, 0.15) is 39.9 Å². The van der Waals surface area contributed by atoms with Crippen molar-refractivity contribution in [3.63, 3.8) is 0 Å². The number of rotatable bonds is 5. The monoisotopic (exact) mass is 456 g/mol. The molecule has 1 unspecified atom stereocenters. The number of allylic oxidation sites excluding steroid dienone is 1. The molecule has 2 rings (SSSR count). The van der Waals surface area contributed by atoms with E-state index in [0.717, 1.165) is 12.1 Å². The van der Waals surface area contributed by atoms with Gasteiger partial charge in [-0.05, 0) is 35.9 Å². The fourth-order valence-corrected chi connectivity index (χ4v) is 2.90. The summed E-state index contributed by atoms with van der Waals surface area (Å²) in [4.78, 5) is 11.0. The number of carboxylic acids is 1. The molecule has 10 heteroatoms. The second kappa shape index (κ2) is 8.28. The first kappa shape index (κ1) is 23.1. The maximum Gasteiger partial charge on any atom is 0.417 e. The molecule has 0 aliphatic heterocycles. The highest BCUT2D eigenvalue weighted by molar-refractivity contribution is 6.42. The van der Waals surface area contributed by atoms with Crippen LogP contribution in [0.25, 0.3) is 5.83 Å². The average Bonchev–Trinajstić information content (AvgIpc) is 2.59. The summed E-state index contributed by atoms with van der Waals surface area (Å²) in [6.07, 6.45) is -4.63. The van der Waals surface area contributed by atoms with Gasteiger partial charge in [-0.1, -0.05) is 35.3 Å². The van der Waals surface area contributed by atoms with Gasteiger partial charge in [0.05, 0.1) is 27.1 Å². The molecule has 0 radical (unpaired) electrons. The van der Waals surface area contributed by atoms with Crippen molar-refractivity contribution >= 4 is 35.0 Å². The van der Waals surface area contributed by atoms with E-state index in [9.17, 15) is 31.1 Å². The number of halogens is 8. The molecule has 0 aliphatic carbocycles. The number of aromatic carboxylic acids is 1. The van der Waals surface area contributed by atoms with Crippen LogP contribution in [-0.4, -0.2) is 17.0 Å². The van der Waals surface area contributed by atoms with Crippen molar-refractivity contribution in [3.8, 4) is 0 Å². The van der Waals surface area contributed by atoms with Gasteiger partial charge >= 0.3 is 12.1 Å². The Hall–Kier alpha value is -2.19. The van der Waals surface area contributed by atoms with Crippen LogP contribution in [0, 0.1) is 0 Å². The minimum atomic E-state index is -5.08. The van der Waals surface area contributed by atoms with Crippen LogP contribution in [0.4, 0.5) is 26.3 Å². The van der Waals surface area contributed by atoms with Gasteiger partial charge in [0.1, 0.15) is 5.83 Å². The fraction of sp³-hybridized carbons (Fsp3) is 0.211. The quantitative estimate of drug-likeness (QED) is 0.474. The first-order valence-electron chi connectivity index (χ1n) is 7.87. The third-order valence-electron chi connectivity index (χ3n) is 3.99. The van der Waals surface area contributed by atoms with E-state index in [2.05, 4.69) is 0 Å². The minimum Gasteiger partial charge on any atom is -0.478 e. The molecule has 0 saturated carbocycles. The van der Waals surface area contributed by atoms with Gasteiger partial charge in [-0.3, -0.25) is 0 Å². The zero-order chi connectivity index (χ0) is 22.1. The summed E-state index contributed by atoms with van der Waals surface area (Å²) in [6, 6.07) is 5.11. The zero-order valence-electron chi connectivity index (χ0n) is 14.5. The van der Waals surface area contributed by atoms with E-state index in [1.165, 1.54) is 12.1 Å². The van der Waals surface area contributed by atoms with E-state index in [4.69, 9.17) is 28.3 Å². The van der Waals surface area contributed by atoms with Crippen molar-refractivity contribution in [1.82, 2.24) is 0 Å². The molecular weight excluding hydrogens is 445 g/mol. The van der Waals surface area contributed by atoms with Crippen molar-refractivity contribution in [2.75, 3.05) is 0 Å². The number of hydrogen-bond acceptors (Lipinski definition) is 1. The summed E-state index contributed by atoms with van der Waals surface area (Å²) in [6.45, 7) is 0.513. The van der Waals surface area contributed by atoms with Gasteiger partial charge in [-0.25, -0.2) is 18.0 Å². The molecule has 0 aromatic heterocycles. The Balaban J connectivity index is 2.58. The molecule has 0 bridgehead atoms. The second-order valence-electron chi connectivity index (χ2n) is 6.19. The van der Waals surface area contributed by atoms with Crippen molar-refractivity contribution < 1.29 is 36.2 Å². The molecule has 0 amide bonds. The van der Waals surface area contributed by atoms with Crippen molar-refractivity contribution in [1.29, 1.82) is 0 Å². The Morgan fingerprint density at radius 1 is 1.03 bits per heavy atom. The first-order valence-corrected chi connectivity index (χ1v) is 8.62. The molecule has 1 N–H and O–H groups in total. The van der Waals surface area contributed by atoms with E-state index in [1.54, 1.807) is 0 Å². The lowest BCUT2D eigenvalue weighted by atomic mass is 9.91. The topological polar surface area (TPSA) is 37.3 Å². The Morgan fingerprint density at radius 2 is 1.66 bits per heavy atom. The predicted octanol–water partition coefficient (Wildman–Crippen LogP) is 7.46. The molecule has 29 heavy (non-hydrogen) atoms. The molecule has 1 atom stereocenters. The third kappa shape index (κ3) is 5.45. The molecule has 0 heterocycles. The van der Waals surface area contributed by atoms with Crippen LogP contribution in [0.3, 0.4) is 0 Å². The van der Waals surface area contributed by atoms with Gasteiger partial charge in [0, 0.05) is 12.5 Å². The summed E-state index contributed by atoms with van der Waals surface area (Å²) >= 11 is 11.5. The summed E-state index contributed by atoms with van der Waals surface area (Å²) < 4.78 is 82.1. The highest BCUT2D eigenvalue weighted by Crippen LogP contribution is 2.40. The number of carboxylic acid groups (broad SMARTS) is 1. The summed E-state index contributed by atoms with van der Waals surface area (Å²) in [5.74, 6) is -8.61. The van der Waals surface area contributed by atoms with Gasteiger partial charge < -0.3 is 5.11 Å². The molecular formula is C19H12Cl2F6O2. The normalized spacial score (nSPS) is 14.0. The van der Waals surface area contributed by atoms with Gasteiger partial charge in [-0.2, -0.15) is 13.2 Å². The minimum absolute atomic E-state index is 0.0580. The summed E-state index contributed by atoms with van der Waals surface area (Å²) in [7, 11) is 0. The molecule has 2 aromatic carbocycles. The van der Waals surface area contributed by atoms with Crippen molar-refractivity contribution in [3.05, 3.63) is 74.8 Å². The Bertz CT molecular complexity index is 964. The lowest BCUT2D eigenvalue weighted by Crippen LogP contribution is -2.21. The van der Waals surface area contributed by atoms with Crippen LogP contribution < -0.4 is 0 Å². The maximum atomic E-state index is 14.6. The number of carbonyl (C=O) groups is 1. The molecule has 0 saturated heterocycles. The summed E-state index contributed by atoms with van der Waals surface area (Å²) in [5, 5.41) is 8.90. The molecule has 2 nitrogen and oxygen atoms in total. The molecule has 2 aromatic rings. The predicted molar refractivity (Wildman–Crippen MR) is 97.3 cm³/mol. The van der Waals surface area contributed by atoms with Gasteiger partial charge in [0.25, 0.3) is 5.92 Å². The summed E-state index contributed by atoms with van der Waals surface area (Å²) in [5.41, 5.74) is -3.49. The first-order chi connectivity index (χ1) is 13.2. The highest BCUT2D eigenvalue weighted by Gasteiger charge is 2.37. The van der Waals surface area contributed by atoms with Crippen LogP contribution in [0.5, 0.6) is 0 Å². The smallest absolute Gasteiger partial charge is 0.417 e. The van der Waals surface area contributed by atoms with Gasteiger partial charge in [0.2, 0.25) is 0 Å². The van der Waals surface area contributed by atoms with Crippen LogP contribution in [0.15, 0.2) is 42.5 Å². The average molecular weight is 457 g/mol. The van der Waals surface area contributed by atoms with E-state index < -0.39 is 46.5 Å². The SMILES string of the molecule is CC(F)(F)C(C=C(F)c1ccc(C(=O)O)c(C(F)(F)F)c1)c1ccc(Cl)c(Cl)c1. The van der Waals surface area contributed by atoms with E-state index in [0.29, 0.717) is 19.1 Å². The highest BCUT2D eigenvalue weighted by atomic mass is 35.5. The number of alkyl halides is 5. The van der Waals surface area contributed by atoms with Crippen molar-refractivity contribution in [2.45, 2.75) is 24.9 Å².